The van der Waals surface area contributed by atoms with Crippen molar-refractivity contribution in [1.29, 1.82) is 0 Å². The Balaban J connectivity index is 1.64. The van der Waals surface area contributed by atoms with Crippen molar-refractivity contribution in [2.45, 2.75) is 13.0 Å². The van der Waals surface area contributed by atoms with Crippen LogP contribution in [-0.2, 0) is 9.53 Å². The SMILES string of the molecule is COC(=O)C1=C(C)N=c2s/c(=C/c3ccc(-c4cccc(Cl)c4)o3)c(=O)n2C1c1ccccc1. The minimum atomic E-state index is -0.634. The smallest absolute Gasteiger partial charge is 0.338 e. The van der Waals surface area contributed by atoms with Crippen molar-refractivity contribution >= 4 is 35.0 Å². The molecular formula is C26H19ClN2O4S. The molecule has 3 heterocycles. The number of allylic oxidation sites excluding steroid dienone is 1. The molecule has 0 bridgehead atoms. The van der Waals surface area contributed by atoms with Crippen LogP contribution < -0.4 is 14.9 Å². The van der Waals surface area contributed by atoms with Crippen molar-refractivity contribution in [3.63, 3.8) is 0 Å². The molecule has 0 aliphatic carbocycles. The first-order valence-electron chi connectivity index (χ1n) is 10.5. The van der Waals surface area contributed by atoms with E-state index in [2.05, 4.69) is 4.99 Å². The van der Waals surface area contributed by atoms with E-state index < -0.39 is 12.0 Å². The largest absolute Gasteiger partial charge is 0.466 e. The average Bonchev–Trinajstić information content (AvgIpc) is 3.43. The Kier molecular flexibility index (Phi) is 5.81. The molecule has 5 rings (SSSR count). The number of benzene rings is 2. The van der Waals surface area contributed by atoms with Gasteiger partial charge in [0, 0.05) is 16.7 Å². The number of esters is 1. The Morgan fingerprint density at radius 2 is 1.94 bits per heavy atom. The summed E-state index contributed by atoms with van der Waals surface area (Å²) in [6, 6.07) is 19.8. The summed E-state index contributed by atoms with van der Waals surface area (Å²) < 4.78 is 13.0. The van der Waals surface area contributed by atoms with E-state index in [-0.39, 0.29) is 5.56 Å². The van der Waals surface area contributed by atoms with E-state index in [1.807, 2.05) is 54.6 Å². The summed E-state index contributed by atoms with van der Waals surface area (Å²) in [5.74, 6) is 0.662. The van der Waals surface area contributed by atoms with E-state index in [4.69, 9.17) is 20.8 Å². The standard InChI is InChI=1S/C26H19ClN2O4S/c1-15-22(25(31)32-2)23(16-7-4-3-5-8-16)29-24(30)21(34-26(29)28-15)14-19-11-12-20(33-19)17-9-6-10-18(27)13-17/h3-14,23H,1-2H3/b21-14+. The first kappa shape index (κ1) is 22.1. The van der Waals surface area contributed by atoms with Crippen molar-refractivity contribution in [3.05, 3.63) is 114 Å². The lowest BCUT2D eigenvalue weighted by Gasteiger charge is -2.24. The Labute approximate surface area is 203 Å². The lowest BCUT2D eigenvalue weighted by molar-refractivity contribution is -0.136. The highest BCUT2D eigenvalue weighted by atomic mass is 35.5. The first-order chi connectivity index (χ1) is 16.5. The molecule has 1 unspecified atom stereocenters. The molecule has 1 atom stereocenters. The summed E-state index contributed by atoms with van der Waals surface area (Å²) in [7, 11) is 1.32. The second-order valence-corrected chi connectivity index (χ2v) is 9.14. The Morgan fingerprint density at radius 1 is 1.15 bits per heavy atom. The number of halogens is 1. The second kappa shape index (κ2) is 8.93. The number of furan rings is 1. The van der Waals surface area contributed by atoms with E-state index in [1.165, 1.54) is 18.4 Å². The van der Waals surface area contributed by atoms with Crippen LogP contribution in [-0.4, -0.2) is 17.6 Å². The average molecular weight is 491 g/mol. The quantitative estimate of drug-likeness (QED) is 0.399. The molecule has 0 fully saturated rings. The molecule has 0 spiro atoms. The lowest BCUT2D eigenvalue weighted by atomic mass is 9.96. The maximum absolute atomic E-state index is 13.5. The summed E-state index contributed by atoms with van der Waals surface area (Å²) >= 11 is 7.34. The summed E-state index contributed by atoms with van der Waals surface area (Å²) in [5.41, 5.74) is 2.25. The van der Waals surface area contributed by atoms with Gasteiger partial charge in [0.2, 0.25) is 0 Å². The Hall–Kier alpha value is -3.68. The fourth-order valence-corrected chi connectivity index (χ4v) is 5.22. The van der Waals surface area contributed by atoms with Crippen molar-refractivity contribution in [2.75, 3.05) is 7.11 Å². The molecule has 0 saturated heterocycles. The first-order valence-corrected chi connectivity index (χ1v) is 11.7. The highest BCUT2D eigenvalue weighted by molar-refractivity contribution is 7.07. The fourth-order valence-electron chi connectivity index (χ4n) is 4.00. The maximum Gasteiger partial charge on any atom is 0.338 e. The number of thiazole rings is 1. The van der Waals surface area contributed by atoms with Crippen molar-refractivity contribution in [3.8, 4) is 11.3 Å². The number of methoxy groups -OCH3 is 1. The van der Waals surface area contributed by atoms with Gasteiger partial charge >= 0.3 is 5.97 Å². The van der Waals surface area contributed by atoms with Crippen molar-refractivity contribution in [1.82, 2.24) is 4.57 Å². The number of carbonyl (C=O) groups is 1. The number of hydrogen-bond donors (Lipinski definition) is 0. The van der Waals surface area contributed by atoms with Gasteiger partial charge in [-0.1, -0.05) is 65.4 Å². The zero-order valence-electron chi connectivity index (χ0n) is 18.3. The Bertz CT molecular complexity index is 1610. The van der Waals surface area contributed by atoms with Crippen LogP contribution in [0, 0.1) is 0 Å². The van der Waals surface area contributed by atoms with Crippen LogP contribution in [0.4, 0.5) is 0 Å². The van der Waals surface area contributed by atoms with Gasteiger partial charge in [-0.25, -0.2) is 9.79 Å². The summed E-state index contributed by atoms with van der Waals surface area (Å²) in [6.45, 7) is 1.75. The molecule has 0 saturated carbocycles. The molecular weight excluding hydrogens is 472 g/mol. The predicted octanol–water partition coefficient (Wildman–Crippen LogP) is 4.32. The van der Waals surface area contributed by atoms with Crippen LogP contribution in [0.25, 0.3) is 17.4 Å². The highest BCUT2D eigenvalue weighted by Gasteiger charge is 2.32. The predicted molar refractivity (Wildman–Crippen MR) is 131 cm³/mol. The molecule has 0 N–H and O–H groups in total. The van der Waals surface area contributed by atoms with E-state index in [0.29, 0.717) is 37.1 Å². The molecule has 34 heavy (non-hydrogen) atoms. The molecule has 6 nitrogen and oxygen atoms in total. The van der Waals surface area contributed by atoms with E-state index >= 15 is 0 Å². The van der Waals surface area contributed by atoms with Crippen LogP contribution in [0.15, 0.2) is 92.2 Å². The molecule has 1 aliphatic heterocycles. The van der Waals surface area contributed by atoms with Gasteiger partial charge in [0.05, 0.1) is 29.0 Å². The number of fused-ring (bicyclic) bond motifs is 1. The summed E-state index contributed by atoms with van der Waals surface area (Å²) in [4.78, 5) is 31.3. The van der Waals surface area contributed by atoms with Crippen LogP contribution in [0.2, 0.25) is 5.02 Å². The Morgan fingerprint density at radius 3 is 2.68 bits per heavy atom. The van der Waals surface area contributed by atoms with E-state index in [0.717, 1.165) is 11.1 Å². The maximum atomic E-state index is 13.5. The molecule has 4 aromatic rings. The third kappa shape index (κ3) is 3.93. The third-order valence-electron chi connectivity index (χ3n) is 5.55. The molecule has 0 radical (unpaired) electrons. The number of carbonyl (C=O) groups excluding carboxylic acids is 1. The number of aromatic nitrogens is 1. The second-order valence-electron chi connectivity index (χ2n) is 7.70. The van der Waals surface area contributed by atoms with E-state index in [9.17, 15) is 9.59 Å². The molecule has 8 heteroatoms. The third-order valence-corrected chi connectivity index (χ3v) is 6.77. The molecule has 1 aliphatic rings. The monoisotopic (exact) mass is 490 g/mol. The van der Waals surface area contributed by atoms with Crippen LogP contribution in [0.5, 0.6) is 0 Å². The molecule has 2 aromatic carbocycles. The number of ether oxygens (including phenoxy) is 1. The molecule has 2 aromatic heterocycles. The van der Waals surface area contributed by atoms with Crippen LogP contribution in [0.3, 0.4) is 0 Å². The fraction of sp³-hybridized carbons (Fsp3) is 0.115. The van der Waals surface area contributed by atoms with E-state index in [1.54, 1.807) is 29.7 Å². The van der Waals surface area contributed by atoms with Gasteiger partial charge < -0.3 is 9.15 Å². The van der Waals surface area contributed by atoms with Gasteiger partial charge in [0.1, 0.15) is 11.5 Å². The van der Waals surface area contributed by atoms with Gasteiger partial charge in [-0.05, 0) is 36.8 Å². The van der Waals surface area contributed by atoms with Crippen molar-refractivity contribution < 1.29 is 13.9 Å². The van der Waals surface area contributed by atoms with Gasteiger partial charge in [-0.3, -0.25) is 9.36 Å². The van der Waals surface area contributed by atoms with Gasteiger partial charge in [-0.15, -0.1) is 0 Å². The molecule has 170 valence electrons. The van der Waals surface area contributed by atoms with Gasteiger partial charge in [0.25, 0.3) is 5.56 Å². The number of rotatable bonds is 4. The highest BCUT2D eigenvalue weighted by Crippen LogP contribution is 2.30. The van der Waals surface area contributed by atoms with Crippen molar-refractivity contribution in [2.24, 2.45) is 4.99 Å². The lowest BCUT2D eigenvalue weighted by Crippen LogP contribution is -2.39. The zero-order chi connectivity index (χ0) is 23.8. The zero-order valence-corrected chi connectivity index (χ0v) is 19.9. The van der Waals surface area contributed by atoms with Crippen LogP contribution >= 0.6 is 22.9 Å². The molecule has 0 amide bonds. The topological polar surface area (TPSA) is 73.8 Å². The minimum Gasteiger partial charge on any atom is -0.466 e. The van der Waals surface area contributed by atoms with Crippen LogP contribution in [0.1, 0.15) is 24.3 Å². The normalized spacial score (nSPS) is 15.7. The summed E-state index contributed by atoms with van der Waals surface area (Å²) in [6.07, 6.45) is 1.69. The number of hydrogen-bond acceptors (Lipinski definition) is 6. The van der Waals surface area contributed by atoms with Gasteiger partial charge in [0.15, 0.2) is 4.80 Å². The summed E-state index contributed by atoms with van der Waals surface area (Å²) in [5, 5.41) is 0.612. The van der Waals surface area contributed by atoms with Gasteiger partial charge in [-0.2, -0.15) is 0 Å². The minimum absolute atomic E-state index is 0.257. The number of nitrogens with zero attached hydrogens (tertiary/aromatic N) is 2.